The lowest BCUT2D eigenvalue weighted by molar-refractivity contribution is -0.122. The molecule has 2 heterocycles. The number of nitrogen functional groups attached to an aromatic ring is 1. The molecule has 0 saturated carbocycles. The Morgan fingerprint density at radius 2 is 1.93 bits per heavy atom. The van der Waals surface area contributed by atoms with Crippen molar-refractivity contribution in [1.82, 2.24) is 20.4 Å². The number of hydrogen-bond donors (Lipinski definition) is 4. The van der Waals surface area contributed by atoms with Gasteiger partial charge in [-0.25, -0.2) is 15.0 Å². The molecule has 0 saturated heterocycles. The monoisotopic (exact) mass is 385 g/mol. The van der Waals surface area contributed by atoms with Gasteiger partial charge in [-0.2, -0.15) is 0 Å². The Labute approximate surface area is 160 Å². The molecule has 0 radical (unpaired) electrons. The fourth-order valence-corrected chi connectivity index (χ4v) is 2.87. The van der Waals surface area contributed by atoms with Crippen molar-refractivity contribution in [2.75, 3.05) is 23.1 Å². The van der Waals surface area contributed by atoms with Crippen LogP contribution in [0.15, 0.2) is 36.7 Å². The van der Waals surface area contributed by atoms with Gasteiger partial charge in [0.15, 0.2) is 23.4 Å². The van der Waals surface area contributed by atoms with Gasteiger partial charge in [0.2, 0.25) is 0 Å². The highest BCUT2D eigenvalue weighted by Gasteiger charge is 2.12. The first-order chi connectivity index (χ1) is 13.0. The second-order valence-electron chi connectivity index (χ2n) is 5.55. The predicted octanol–water partition coefficient (Wildman–Crippen LogP) is 2.40. The third-order valence-electron chi connectivity index (χ3n) is 3.57. The summed E-state index contributed by atoms with van der Waals surface area (Å²) in [6.45, 7) is 3.77. The van der Waals surface area contributed by atoms with Gasteiger partial charge in [-0.3, -0.25) is 15.6 Å². The largest absolute Gasteiger partial charge is 0.484 e. The molecule has 140 valence electrons. The number of hydrazine groups is 1. The molecular weight excluding hydrogens is 366 g/mol. The van der Waals surface area contributed by atoms with Crippen LogP contribution in [-0.4, -0.2) is 27.5 Å². The molecule has 9 nitrogen and oxygen atoms in total. The Hall–Kier alpha value is -3.40. The molecule has 0 aliphatic rings. The molecule has 1 amide bonds. The Morgan fingerprint density at radius 3 is 2.63 bits per heavy atom. The highest BCUT2D eigenvalue weighted by molar-refractivity contribution is 7.15. The summed E-state index contributed by atoms with van der Waals surface area (Å²) in [6.07, 6.45) is 1.33. The lowest BCUT2D eigenvalue weighted by Crippen LogP contribution is -2.34. The van der Waals surface area contributed by atoms with Crippen LogP contribution in [0.25, 0.3) is 0 Å². The minimum Gasteiger partial charge on any atom is -0.484 e. The van der Waals surface area contributed by atoms with Gasteiger partial charge in [-0.15, -0.1) is 11.3 Å². The number of nitrogens with one attached hydrogen (secondary N) is 3. The maximum atomic E-state index is 11.9. The van der Waals surface area contributed by atoms with Crippen molar-refractivity contribution in [2.24, 2.45) is 0 Å². The molecule has 3 rings (SSSR count). The second kappa shape index (κ2) is 8.32. The molecule has 2 aromatic heterocycles. The van der Waals surface area contributed by atoms with Gasteiger partial charge in [0.05, 0.1) is 5.69 Å². The number of thiazole rings is 1. The van der Waals surface area contributed by atoms with Crippen molar-refractivity contribution < 1.29 is 9.53 Å². The van der Waals surface area contributed by atoms with Crippen LogP contribution in [0.2, 0.25) is 0 Å². The highest BCUT2D eigenvalue weighted by atomic mass is 32.1. The van der Waals surface area contributed by atoms with Gasteiger partial charge < -0.3 is 15.8 Å². The molecule has 0 aliphatic carbocycles. The van der Waals surface area contributed by atoms with E-state index >= 15 is 0 Å². The molecular formula is C17H19N7O2S. The van der Waals surface area contributed by atoms with Crippen LogP contribution in [-0.2, 0) is 4.79 Å². The first-order valence-electron chi connectivity index (χ1n) is 8.07. The van der Waals surface area contributed by atoms with Gasteiger partial charge in [-0.05, 0) is 26.0 Å². The Kier molecular flexibility index (Phi) is 5.67. The molecule has 0 bridgehead atoms. The van der Waals surface area contributed by atoms with E-state index in [-0.39, 0.29) is 24.0 Å². The molecule has 0 unspecified atom stereocenters. The smallest absolute Gasteiger partial charge is 0.276 e. The van der Waals surface area contributed by atoms with Crippen molar-refractivity contribution in [1.29, 1.82) is 0 Å². The maximum absolute atomic E-state index is 11.9. The van der Waals surface area contributed by atoms with Crippen molar-refractivity contribution in [3.63, 3.8) is 0 Å². The van der Waals surface area contributed by atoms with Crippen molar-refractivity contribution in [3.05, 3.63) is 47.2 Å². The van der Waals surface area contributed by atoms with Crippen LogP contribution >= 0.6 is 11.3 Å². The third-order valence-corrected chi connectivity index (χ3v) is 4.56. The number of aromatic nitrogens is 3. The summed E-state index contributed by atoms with van der Waals surface area (Å²) in [5, 5.41) is 3.74. The minimum atomic E-state index is -0.377. The average Bonchev–Trinajstić information content (AvgIpc) is 2.99. The highest BCUT2D eigenvalue weighted by Crippen LogP contribution is 2.28. The van der Waals surface area contributed by atoms with Gasteiger partial charge >= 0.3 is 0 Å². The Balaban J connectivity index is 1.57. The van der Waals surface area contributed by atoms with Crippen LogP contribution in [0, 0.1) is 13.8 Å². The van der Waals surface area contributed by atoms with E-state index in [2.05, 4.69) is 31.1 Å². The summed E-state index contributed by atoms with van der Waals surface area (Å²) >= 11 is 1.50. The number of amides is 1. The summed E-state index contributed by atoms with van der Waals surface area (Å²) in [5.74, 6) is 0.897. The van der Waals surface area contributed by atoms with Crippen LogP contribution < -0.4 is 26.6 Å². The quantitative estimate of drug-likeness (QED) is 0.457. The summed E-state index contributed by atoms with van der Waals surface area (Å²) in [7, 11) is 0. The van der Waals surface area contributed by atoms with E-state index in [4.69, 9.17) is 10.5 Å². The molecule has 10 heteroatoms. The van der Waals surface area contributed by atoms with Crippen LogP contribution in [0.4, 0.5) is 22.5 Å². The summed E-state index contributed by atoms with van der Waals surface area (Å²) in [6, 6.07) is 9.05. The lowest BCUT2D eigenvalue weighted by Gasteiger charge is -2.12. The third kappa shape index (κ3) is 4.82. The Bertz CT molecular complexity index is 911. The molecule has 0 aliphatic heterocycles. The number of aryl methyl sites for hydroxylation is 2. The first-order valence-corrected chi connectivity index (χ1v) is 8.89. The molecule has 27 heavy (non-hydrogen) atoms. The number of nitrogens with zero attached hydrogens (tertiary/aromatic N) is 3. The summed E-state index contributed by atoms with van der Waals surface area (Å²) < 4.78 is 5.37. The maximum Gasteiger partial charge on any atom is 0.276 e. The van der Waals surface area contributed by atoms with Gasteiger partial charge in [-0.1, -0.05) is 18.2 Å². The van der Waals surface area contributed by atoms with E-state index in [1.54, 1.807) is 12.1 Å². The lowest BCUT2D eigenvalue weighted by atomic mass is 10.3. The number of para-hydroxylation sites is 1. The number of hydrogen-bond acceptors (Lipinski definition) is 9. The number of carbonyl (C=O) groups is 1. The van der Waals surface area contributed by atoms with E-state index in [0.29, 0.717) is 16.7 Å². The summed E-state index contributed by atoms with van der Waals surface area (Å²) in [5.41, 5.74) is 12.4. The molecule has 5 N–H and O–H groups in total. The summed E-state index contributed by atoms with van der Waals surface area (Å²) in [4.78, 5) is 25.6. The number of benzene rings is 1. The van der Waals surface area contributed by atoms with Gasteiger partial charge in [0, 0.05) is 4.88 Å². The topological polar surface area (TPSA) is 127 Å². The van der Waals surface area contributed by atoms with E-state index in [0.717, 1.165) is 10.6 Å². The van der Waals surface area contributed by atoms with E-state index < -0.39 is 0 Å². The van der Waals surface area contributed by atoms with Crippen LogP contribution in [0.1, 0.15) is 10.6 Å². The fourth-order valence-electron chi connectivity index (χ4n) is 2.05. The van der Waals surface area contributed by atoms with Gasteiger partial charge in [0.1, 0.15) is 17.8 Å². The van der Waals surface area contributed by atoms with Gasteiger partial charge in [0.25, 0.3) is 5.91 Å². The van der Waals surface area contributed by atoms with Crippen LogP contribution in [0.5, 0.6) is 5.75 Å². The number of anilines is 4. The van der Waals surface area contributed by atoms with Crippen molar-refractivity contribution in [2.45, 2.75) is 13.8 Å². The zero-order valence-electron chi connectivity index (χ0n) is 14.8. The normalized spacial score (nSPS) is 10.3. The van der Waals surface area contributed by atoms with Crippen LogP contribution in [0.3, 0.4) is 0 Å². The van der Waals surface area contributed by atoms with Crippen molar-refractivity contribution in [3.8, 4) is 5.75 Å². The fraction of sp³-hybridized carbons (Fsp3) is 0.176. The average molecular weight is 385 g/mol. The standard InChI is InChI=1S/C17H19N7O2S/c1-10-11(2)27-17(21-10)22-15-14(18)16(20-9-19-15)24-23-13(25)8-26-12-6-4-3-5-7-12/h3-7,9H,8,18H2,1-2H3,(H,23,25)(H2,19,20,21,22,24). The number of ether oxygens (including phenoxy) is 1. The molecule has 0 fully saturated rings. The number of rotatable bonds is 7. The Morgan fingerprint density at radius 1 is 1.19 bits per heavy atom. The number of nitrogens with two attached hydrogens (primary N) is 1. The number of carbonyl (C=O) groups excluding carboxylic acids is 1. The zero-order chi connectivity index (χ0) is 19.2. The first kappa shape index (κ1) is 18.4. The minimum absolute atomic E-state index is 0.148. The van der Waals surface area contributed by atoms with E-state index in [9.17, 15) is 4.79 Å². The molecule has 3 aromatic rings. The van der Waals surface area contributed by atoms with E-state index in [1.165, 1.54) is 17.7 Å². The SMILES string of the molecule is Cc1nc(Nc2ncnc(NNC(=O)COc3ccccc3)c2N)sc1C. The van der Waals surface area contributed by atoms with E-state index in [1.807, 2.05) is 32.0 Å². The second-order valence-corrected chi connectivity index (χ2v) is 6.75. The molecule has 0 atom stereocenters. The molecule has 1 aromatic carbocycles. The predicted molar refractivity (Wildman–Crippen MR) is 105 cm³/mol. The zero-order valence-corrected chi connectivity index (χ0v) is 15.6. The van der Waals surface area contributed by atoms with Crippen molar-refractivity contribution >= 4 is 39.7 Å². The molecule has 0 spiro atoms.